The van der Waals surface area contributed by atoms with E-state index >= 15 is 0 Å². The van der Waals surface area contributed by atoms with Gasteiger partial charge < -0.3 is 5.32 Å². The fraction of sp³-hybridized carbons (Fsp3) is 0.292. The third-order valence-corrected chi connectivity index (χ3v) is 5.64. The van der Waals surface area contributed by atoms with Crippen molar-refractivity contribution in [1.82, 2.24) is 15.3 Å². The van der Waals surface area contributed by atoms with Crippen LogP contribution >= 0.6 is 0 Å². The summed E-state index contributed by atoms with van der Waals surface area (Å²) in [6.45, 7) is 0. The smallest absolute Gasteiger partial charge is 0.345 e. The highest BCUT2D eigenvalue weighted by atomic mass is 19.4. The lowest BCUT2D eigenvalue weighted by atomic mass is 10.0. The molecule has 10 heteroatoms. The van der Waals surface area contributed by atoms with Crippen LogP contribution in [0.15, 0.2) is 54.7 Å². The number of amides is 1. The standard InChI is InChI=1S/C24H19F6N3O/c25-23(26,27)16-5-3-4-15(12-16)22(34)33-20-7-2-1-6-19-17(20)8-9-18(32-19)14-10-11-31-21(13-14)24(28,29)30/h3-5,8-13,20H,1-2,6-7H2,(H,33,34)/t20-/m0/s1. The normalized spacial score (nSPS) is 16.5. The Balaban J connectivity index is 1.61. The van der Waals surface area contributed by atoms with Crippen LogP contribution in [-0.2, 0) is 18.8 Å². The molecule has 0 fully saturated rings. The minimum absolute atomic E-state index is 0.110. The number of hydrogen-bond acceptors (Lipinski definition) is 3. The molecule has 0 aliphatic heterocycles. The van der Waals surface area contributed by atoms with Crippen LogP contribution in [0.4, 0.5) is 26.3 Å². The number of benzene rings is 1. The zero-order valence-corrected chi connectivity index (χ0v) is 17.7. The maximum Gasteiger partial charge on any atom is 0.433 e. The van der Waals surface area contributed by atoms with E-state index in [1.54, 1.807) is 12.1 Å². The molecule has 3 aromatic rings. The lowest BCUT2D eigenvalue weighted by Gasteiger charge is -2.20. The summed E-state index contributed by atoms with van der Waals surface area (Å²) in [5, 5.41) is 2.79. The Hall–Kier alpha value is -3.43. The van der Waals surface area contributed by atoms with E-state index in [4.69, 9.17) is 0 Å². The molecule has 0 spiro atoms. The van der Waals surface area contributed by atoms with Crippen LogP contribution in [0.3, 0.4) is 0 Å². The number of halogens is 6. The van der Waals surface area contributed by atoms with E-state index in [0.29, 0.717) is 29.8 Å². The van der Waals surface area contributed by atoms with E-state index in [1.807, 2.05) is 0 Å². The van der Waals surface area contributed by atoms with Crippen LogP contribution < -0.4 is 5.32 Å². The molecule has 178 valence electrons. The third kappa shape index (κ3) is 5.21. The van der Waals surface area contributed by atoms with Gasteiger partial charge in [-0.05, 0) is 61.2 Å². The van der Waals surface area contributed by atoms with Crippen molar-refractivity contribution in [2.75, 3.05) is 0 Å². The van der Waals surface area contributed by atoms with Crippen LogP contribution in [0.2, 0.25) is 0 Å². The van der Waals surface area contributed by atoms with Crippen molar-refractivity contribution in [3.8, 4) is 11.3 Å². The molecule has 4 rings (SSSR count). The number of aromatic nitrogens is 2. The zero-order chi connectivity index (χ0) is 24.5. The molecule has 0 radical (unpaired) electrons. The number of fused-ring (bicyclic) bond motifs is 1. The van der Waals surface area contributed by atoms with Gasteiger partial charge in [0.2, 0.25) is 0 Å². The number of alkyl halides is 6. The van der Waals surface area contributed by atoms with Crippen molar-refractivity contribution >= 4 is 5.91 Å². The Morgan fingerprint density at radius 1 is 0.941 bits per heavy atom. The fourth-order valence-corrected chi connectivity index (χ4v) is 3.96. The number of carbonyl (C=O) groups excluding carboxylic acids is 1. The number of pyridine rings is 2. The molecule has 1 atom stereocenters. The van der Waals surface area contributed by atoms with Crippen molar-refractivity contribution < 1.29 is 31.1 Å². The lowest BCUT2D eigenvalue weighted by Crippen LogP contribution is -2.29. The first kappa shape index (κ1) is 23.7. The van der Waals surface area contributed by atoms with Gasteiger partial charge in [-0.2, -0.15) is 26.3 Å². The van der Waals surface area contributed by atoms with E-state index < -0.39 is 35.6 Å². The molecule has 0 saturated heterocycles. The topological polar surface area (TPSA) is 54.9 Å². The van der Waals surface area contributed by atoms with Crippen LogP contribution in [0.5, 0.6) is 0 Å². The minimum Gasteiger partial charge on any atom is -0.345 e. The summed E-state index contributed by atoms with van der Waals surface area (Å²) >= 11 is 0. The minimum atomic E-state index is -4.58. The first-order chi connectivity index (χ1) is 16.0. The molecule has 1 aromatic carbocycles. The Labute approximate surface area is 191 Å². The van der Waals surface area contributed by atoms with Crippen LogP contribution in [0.1, 0.15) is 58.2 Å². The van der Waals surface area contributed by atoms with Crippen molar-refractivity contribution in [1.29, 1.82) is 0 Å². The average Bonchev–Trinajstić information content (AvgIpc) is 3.00. The zero-order valence-electron chi connectivity index (χ0n) is 17.7. The summed E-state index contributed by atoms with van der Waals surface area (Å²) in [6.07, 6.45) is -5.45. The van der Waals surface area contributed by atoms with Gasteiger partial charge in [-0.25, -0.2) is 0 Å². The summed E-state index contributed by atoms with van der Waals surface area (Å²) in [5.74, 6) is -0.642. The average molecular weight is 479 g/mol. The van der Waals surface area contributed by atoms with Gasteiger partial charge in [-0.1, -0.05) is 18.6 Å². The molecular weight excluding hydrogens is 460 g/mol. The van der Waals surface area contributed by atoms with Gasteiger partial charge >= 0.3 is 12.4 Å². The van der Waals surface area contributed by atoms with Crippen molar-refractivity contribution in [3.63, 3.8) is 0 Å². The Bertz CT molecular complexity index is 1210. The van der Waals surface area contributed by atoms with Gasteiger partial charge in [0.15, 0.2) is 0 Å². The highest BCUT2D eigenvalue weighted by Gasteiger charge is 2.33. The summed E-state index contributed by atoms with van der Waals surface area (Å²) in [4.78, 5) is 20.6. The van der Waals surface area contributed by atoms with E-state index in [1.165, 1.54) is 18.2 Å². The molecule has 2 aromatic heterocycles. The third-order valence-electron chi connectivity index (χ3n) is 5.64. The molecule has 0 unspecified atom stereocenters. The summed E-state index contributed by atoms with van der Waals surface area (Å²) in [7, 11) is 0. The highest BCUT2D eigenvalue weighted by Crippen LogP contribution is 2.33. The first-order valence-corrected chi connectivity index (χ1v) is 10.5. The maximum atomic E-state index is 13.0. The van der Waals surface area contributed by atoms with E-state index in [9.17, 15) is 31.1 Å². The predicted molar refractivity (Wildman–Crippen MR) is 112 cm³/mol. The lowest BCUT2D eigenvalue weighted by molar-refractivity contribution is -0.141. The quantitative estimate of drug-likeness (QED) is 0.350. The second-order valence-electron chi connectivity index (χ2n) is 8.01. The van der Waals surface area contributed by atoms with Crippen molar-refractivity contribution in [2.24, 2.45) is 0 Å². The van der Waals surface area contributed by atoms with E-state index in [-0.39, 0.29) is 11.1 Å². The maximum absolute atomic E-state index is 13.0. The SMILES string of the molecule is O=C(N[C@H]1CCCCc2nc(-c3ccnc(C(F)(F)F)c3)ccc21)c1cccc(C(F)(F)F)c1. The van der Waals surface area contributed by atoms with Crippen LogP contribution in [0, 0.1) is 0 Å². The molecule has 0 bridgehead atoms. The van der Waals surface area contributed by atoms with E-state index in [2.05, 4.69) is 15.3 Å². The Kier molecular flexibility index (Phi) is 6.33. The number of aryl methyl sites for hydroxylation is 1. The second kappa shape index (κ2) is 9.08. The van der Waals surface area contributed by atoms with Crippen molar-refractivity contribution in [3.05, 3.63) is 82.8 Å². The molecule has 1 amide bonds. The Morgan fingerprint density at radius 3 is 2.47 bits per heavy atom. The molecule has 1 N–H and O–H groups in total. The van der Waals surface area contributed by atoms with Crippen LogP contribution in [0.25, 0.3) is 11.3 Å². The number of rotatable bonds is 3. The summed E-state index contributed by atoms with van der Waals surface area (Å²) in [6, 6.07) is 9.34. The fourth-order valence-electron chi connectivity index (χ4n) is 3.96. The second-order valence-corrected chi connectivity index (χ2v) is 8.01. The van der Waals surface area contributed by atoms with E-state index in [0.717, 1.165) is 37.2 Å². The van der Waals surface area contributed by atoms with Gasteiger partial charge in [0.25, 0.3) is 5.91 Å². The molecule has 1 aliphatic rings. The van der Waals surface area contributed by atoms with Gasteiger partial charge in [0.1, 0.15) is 5.69 Å². The molecule has 34 heavy (non-hydrogen) atoms. The van der Waals surface area contributed by atoms with Gasteiger partial charge in [0, 0.05) is 23.0 Å². The van der Waals surface area contributed by atoms with Gasteiger partial charge in [-0.15, -0.1) is 0 Å². The summed E-state index contributed by atoms with van der Waals surface area (Å²) in [5.41, 5.74) is -0.102. The monoisotopic (exact) mass is 479 g/mol. The number of nitrogens with one attached hydrogen (secondary N) is 1. The predicted octanol–water partition coefficient (Wildman–Crippen LogP) is 6.38. The molecule has 0 saturated carbocycles. The highest BCUT2D eigenvalue weighted by molar-refractivity contribution is 5.94. The van der Waals surface area contributed by atoms with Crippen molar-refractivity contribution in [2.45, 2.75) is 44.1 Å². The van der Waals surface area contributed by atoms with Crippen LogP contribution in [-0.4, -0.2) is 15.9 Å². The number of carbonyl (C=O) groups is 1. The molecular formula is C24H19F6N3O. The number of nitrogens with zero attached hydrogens (tertiary/aromatic N) is 2. The Morgan fingerprint density at radius 2 is 1.74 bits per heavy atom. The molecule has 1 aliphatic carbocycles. The van der Waals surface area contributed by atoms with Gasteiger partial charge in [0.05, 0.1) is 17.3 Å². The van der Waals surface area contributed by atoms with Gasteiger partial charge in [-0.3, -0.25) is 14.8 Å². The molecule has 4 nitrogen and oxygen atoms in total. The summed E-state index contributed by atoms with van der Waals surface area (Å²) < 4.78 is 78.1. The largest absolute Gasteiger partial charge is 0.433 e. The number of hydrogen-bond donors (Lipinski definition) is 1. The molecule has 2 heterocycles. The first-order valence-electron chi connectivity index (χ1n) is 10.5.